The summed E-state index contributed by atoms with van der Waals surface area (Å²) in [6.45, 7) is 1.57. The predicted octanol–water partition coefficient (Wildman–Crippen LogP) is 0.601. The molecular weight excluding hydrogens is 206 g/mol. The zero-order chi connectivity index (χ0) is 12.0. The second-order valence-electron chi connectivity index (χ2n) is 4.66. The van der Waals surface area contributed by atoms with E-state index in [1.54, 1.807) is 6.92 Å². The Morgan fingerprint density at radius 2 is 1.94 bits per heavy atom. The Kier molecular flexibility index (Phi) is 5.29. The lowest BCUT2D eigenvalue weighted by Gasteiger charge is -2.23. The van der Waals surface area contributed by atoms with Crippen LogP contribution in [-0.4, -0.2) is 17.9 Å². The van der Waals surface area contributed by atoms with Gasteiger partial charge in [-0.05, 0) is 25.2 Å². The first-order valence-electron chi connectivity index (χ1n) is 6.10. The predicted molar refractivity (Wildman–Crippen MR) is 58.4 cm³/mol. The molecule has 0 unspecified atom stereocenters. The van der Waals surface area contributed by atoms with E-state index in [1.807, 2.05) is 0 Å². The largest absolute Gasteiger partial charge is 0.550 e. The Labute approximate surface area is 96.4 Å². The molecule has 1 rings (SSSR count). The third kappa shape index (κ3) is 4.64. The van der Waals surface area contributed by atoms with E-state index in [0.29, 0.717) is 12.5 Å². The highest BCUT2D eigenvalue weighted by molar-refractivity contribution is 5.77. The monoisotopic (exact) mass is 226 g/mol. The molecule has 92 valence electrons. The van der Waals surface area contributed by atoms with Crippen LogP contribution in [0.15, 0.2) is 0 Å². The van der Waals surface area contributed by atoms with Gasteiger partial charge in [0, 0.05) is 18.4 Å². The van der Waals surface area contributed by atoms with Gasteiger partial charge in [-0.2, -0.15) is 0 Å². The molecule has 1 aliphatic carbocycles. The molecule has 4 nitrogen and oxygen atoms in total. The fourth-order valence-electron chi connectivity index (χ4n) is 2.01. The quantitative estimate of drug-likeness (QED) is 0.746. The molecule has 0 aromatic rings. The first-order valence-corrected chi connectivity index (χ1v) is 6.10. The second-order valence-corrected chi connectivity index (χ2v) is 4.66. The van der Waals surface area contributed by atoms with Crippen LogP contribution in [0.1, 0.15) is 51.9 Å². The van der Waals surface area contributed by atoms with Crippen LogP contribution in [0, 0.1) is 5.92 Å². The molecular formula is C12H20NO3-. The number of nitrogens with one attached hydrogen (secondary N) is 1. The van der Waals surface area contributed by atoms with Gasteiger partial charge in [-0.25, -0.2) is 0 Å². The number of aliphatic carboxylic acids is 1. The topological polar surface area (TPSA) is 69.2 Å². The van der Waals surface area contributed by atoms with Gasteiger partial charge in [0.2, 0.25) is 5.91 Å². The molecule has 0 spiro atoms. The number of rotatable bonds is 5. The maximum Gasteiger partial charge on any atom is 0.220 e. The molecule has 0 heterocycles. The lowest BCUT2D eigenvalue weighted by molar-refractivity contribution is -0.311. The zero-order valence-corrected chi connectivity index (χ0v) is 9.83. The summed E-state index contributed by atoms with van der Waals surface area (Å²) in [5.41, 5.74) is 0. The molecule has 1 fully saturated rings. The van der Waals surface area contributed by atoms with E-state index in [4.69, 9.17) is 0 Å². The number of carboxylic acid groups (broad SMARTS) is 1. The summed E-state index contributed by atoms with van der Waals surface area (Å²) >= 11 is 0. The molecule has 0 saturated heterocycles. The van der Waals surface area contributed by atoms with Crippen LogP contribution < -0.4 is 10.4 Å². The Morgan fingerprint density at radius 3 is 2.50 bits per heavy atom. The fourth-order valence-corrected chi connectivity index (χ4v) is 2.01. The zero-order valence-electron chi connectivity index (χ0n) is 9.83. The maximum atomic E-state index is 11.5. The maximum absolute atomic E-state index is 11.5. The average Bonchev–Trinajstić information content (AvgIpc) is 2.27. The fraction of sp³-hybridized carbons (Fsp3) is 0.833. The van der Waals surface area contributed by atoms with Gasteiger partial charge in [0.25, 0.3) is 0 Å². The Balaban J connectivity index is 2.17. The number of hydrogen-bond acceptors (Lipinski definition) is 3. The highest BCUT2D eigenvalue weighted by Gasteiger charge is 2.16. The normalized spacial score (nSPS) is 19.1. The van der Waals surface area contributed by atoms with Crippen LogP contribution in [0.5, 0.6) is 0 Å². The summed E-state index contributed by atoms with van der Waals surface area (Å²) in [4.78, 5) is 22.0. The van der Waals surface area contributed by atoms with Crippen molar-refractivity contribution in [3.05, 3.63) is 0 Å². The molecule has 0 bridgehead atoms. The van der Waals surface area contributed by atoms with Crippen molar-refractivity contribution in [1.29, 1.82) is 0 Å². The van der Waals surface area contributed by atoms with Crippen molar-refractivity contribution >= 4 is 11.9 Å². The first-order chi connectivity index (χ1) is 7.59. The molecule has 1 atom stereocenters. The smallest absolute Gasteiger partial charge is 0.220 e. The van der Waals surface area contributed by atoms with Crippen LogP contribution in [0.4, 0.5) is 0 Å². The highest BCUT2D eigenvalue weighted by Crippen LogP contribution is 2.17. The highest BCUT2D eigenvalue weighted by atomic mass is 16.4. The van der Waals surface area contributed by atoms with E-state index in [9.17, 15) is 14.7 Å². The van der Waals surface area contributed by atoms with E-state index >= 15 is 0 Å². The van der Waals surface area contributed by atoms with E-state index in [0.717, 1.165) is 12.8 Å². The molecule has 1 saturated carbocycles. The Bertz CT molecular complexity index is 247. The average molecular weight is 226 g/mol. The molecule has 0 aromatic carbocycles. The Morgan fingerprint density at radius 1 is 1.31 bits per heavy atom. The van der Waals surface area contributed by atoms with E-state index in [2.05, 4.69) is 5.32 Å². The standard InChI is InChI=1S/C12H21NO3/c1-9(12(15)16)7-8-11(14)13-10-5-3-2-4-6-10/h9-10H,2-8H2,1H3,(H,13,14)(H,15,16)/p-1/t9-/m0/s1. The van der Waals surface area contributed by atoms with Gasteiger partial charge in [0.15, 0.2) is 0 Å². The molecule has 16 heavy (non-hydrogen) atoms. The molecule has 4 heteroatoms. The minimum absolute atomic E-state index is 0.0278. The molecule has 0 aliphatic heterocycles. The van der Waals surface area contributed by atoms with Crippen LogP contribution in [0.2, 0.25) is 0 Å². The van der Waals surface area contributed by atoms with Crippen LogP contribution in [0.3, 0.4) is 0 Å². The van der Waals surface area contributed by atoms with Crippen molar-refractivity contribution in [3.63, 3.8) is 0 Å². The molecule has 1 amide bonds. The number of amides is 1. The molecule has 1 aliphatic rings. The van der Waals surface area contributed by atoms with Crippen molar-refractivity contribution in [1.82, 2.24) is 5.32 Å². The summed E-state index contributed by atoms with van der Waals surface area (Å²) in [6, 6.07) is 0.305. The molecule has 0 aromatic heterocycles. The van der Waals surface area contributed by atoms with Crippen molar-refractivity contribution in [3.8, 4) is 0 Å². The molecule has 1 N–H and O–H groups in total. The van der Waals surface area contributed by atoms with Crippen LogP contribution >= 0.6 is 0 Å². The van der Waals surface area contributed by atoms with Crippen molar-refractivity contribution in [2.45, 2.75) is 57.9 Å². The number of carbonyl (C=O) groups is 2. The van der Waals surface area contributed by atoms with Gasteiger partial charge in [-0.1, -0.05) is 26.2 Å². The summed E-state index contributed by atoms with van der Waals surface area (Å²) in [5.74, 6) is -1.65. The lowest BCUT2D eigenvalue weighted by Crippen LogP contribution is -2.37. The SMILES string of the molecule is C[C@@H](CCC(=O)NC1CCCCC1)C(=O)[O-]. The van der Waals surface area contributed by atoms with Gasteiger partial charge in [0.1, 0.15) is 0 Å². The van der Waals surface area contributed by atoms with Crippen molar-refractivity contribution in [2.75, 3.05) is 0 Å². The summed E-state index contributed by atoms with van der Waals surface area (Å²) < 4.78 is 0. The van der Waals surface area contributed by atoms with Crippen molar-refractivity contribution < 1.29 is 14.7 Å². The number of carboxylic acids is 1. The first kappa shape index (κ1) is 13.0. The Hall–Kier alpha value is -1.06. The summed E-state index contributed by atoms with van der Waals surface area (Å²) in [7, 11) is 0. The summed E-state index contributed by atoms with van der Waals surface area (Å²) in [5, 5.41) is 13.4. The minimum Gasteiger partial charge on any atom is -0.550 e. The van der Waals surface area contributed by atoms with E-state index in [1.165, 1.54) is 19.3 Å². The van der Waals surface area contributed by atoms with E-state index < -0.39 is 11.9 Å². The second kappa shape index (κ2) is 6.51. The third-order valence-electron chi connectivity index (χ3n) is 3.18. The minimum atomic E-state index is -1.08. The number of hydrogen-bond donors (Lipinski definition) is 1. The van der Waals surface area contributed by atoms with Gasteiger partial charge < -0.3 is 15.2 Å². The van der Waals surface area contributed by atoms with E-state index in [-0.39, 0.29) is 12.3 Å². The van der Waals surface area contributed by atoms with Gasteiger partial charge in [-0.15, -0.1) is 0 Å². The van der Waals surface area contributed by atoms with Crippen molar-refractivity contribution in [2.24, 2.45) is 5.92 Å². The number of carbonyl (C=O) groups excluding carboxylic acids is 2. The van der Waals surface area contributed by atoms with Gasteiger partial charge in [0.05, 0.1) is 0 Å². The van der Waals surface area contributed by atoms with Crippen LogP contribution in [-0.2, 0) is 9.59 Å². The third-order valence-corrected chi connectivity index (χ3v) is 3.18. The van der Waals surface area contributed by atoms with Gasteiger partial charge >= 0.3 is 0 Å². The summed E-state index contributed by atoms with van der Waals surface area (Å²) in [6.07, 6.45) is 6.38. The van der Waals surface area contributed by atoms with Gasteiger partial charge in [-0.3, -0.25) is 4.79 Å². The molecule has 0 radical (unpaired) electrons. The van der Waals surface area contributed by atoms with Crippen LogP contribution in [0.25, 0.3) is 0 Å². The lowest BCUT2D eigenvalue weighted by atomic mass is 9.95.